The fourth-order valence-corrected chi connectivity index (χ4v) is 3.55. The first kappa shape index (κ1) is 11.4. The molecule has 2 rings (SSSR count). The first-order valence-corrected chi connectivity index (χ1v) is 6.35. The second-order valence-corrected chi connectivity index (χ2v) is 6.67. The van der Waals surface area contributed by atoms with Crippen molar-refractivity contribution in [1.82, 2.24) is 9.80 Å². The van der Waals surface area contributed by atoms with E-state index in [1.165, 1.54) is 32.5 Å². The Balaban J connectivity index is 2.12. The molecule has 0 aromatic heterocycles. The summed E-state index contributed by atoms with van der Waals surface area (Å²) >= 11 is 0. The Morgan fingerprint density at radius 1 is 1.07 bits per heavy atom. The van der Waals surface area contributed by atoms with Gasteiger partial charge in [-0.05, 0) is 60.5 Å². The molecule has 0 bridgehead atoms. The van der Waals surface area contributed by atoms with E-state index in [1.54, 1.807) is 0 Å². The molecule has 0 aromatic rings. The summed E-state index contributed by atoms with van der Waals surface area (Å²) in [7, 11) is 0. The number of likely N-dealkylation sites (tertiary alicyclic amines) is 2. The predicted molar refractivity (Wildman–Crippen MR) is 65.1 cm³/mol. The van der Waals surface area contributed by atoms with E-state index in [1.807, 2.05) is 0 Å². The summed E-state index contributed by atoms with van der Waals surface area (Å²) in [6.07, 6.45) is 2.76. The lowest BCUT2D eigenvalue weighted by Gasteiger charge is -2.49. The number of rotatable bonds is 1. The summed E-state index contributed by atoms with van der Waals surface area (Å²) in [6, 6.07) is 0.783. The molecular weight excluding hydrogens is 184 g/mol. The van der Waals surface area contributed by atoms with Gasteiger partial charge in [0.25, 0.3) is 0 Å². The summed E-state index contributed by atoms with van der Waals surface area (Å²) in [5.41, 5.74) is 0.655. The molecule has 2 heterocycles. The molecule has 2 aliphatic rings. The second kappa shape index (κ2) is 3.46. The molecule has 0 amide bonds. The summed E-state index contributed by atoms with van der Waals surface area (Å²) in [6.45, 7) is 15.8. The average molecular weight is 210 g/mol. The Labute approximate surface area is 94.6 Å². The minimum Gasteiger partial charge on any atom is -0.298 e. The molecular formula is C13H26N2. The van der Waals surface area contributed by atoms with Gasteiger partial charge >= 0.3 is 0 Å². The Hall–Kier alpha value is -0.0800. The molecule has 0 aliphatic carbocycles. The third-order valence-corrected chi connectivity index (χ3v) is 4.28. The van der Waals surface area contributed by atoms with Crippen LogP contribution in [0.25, 0.3) is 0 Å². The highest BCUT2D eigenvalue weighted by Gasteiger charge is 2.48. The van der Waals surface area contributed by atoms with E-state index in [0.29, 0.717) is 11.1 Å². The van der Waals surface area contributed by atoms with Crippen LogP contribution >= 0.6 is 0 Å². The van der Waals surface area contributed by atoms with E-state index in [-0.39, 0.29) is 0 Å². The van der Waals surface area contributed by atoms with Gasteiger partial charge in [0.2, 0.25) is 0 Å². The SMILES string of the molecule is CC(C)(C)N1CC[C@@H](N2CCC2)C1(C)C. The number of hydrogen-bond acceptors (Lipinski definition) is 2. The molecule has 15 heavy (non-hydrogen) atoms. The summed E-state index contributed by atoms with van der Waals surface area (Å²) in [5.74, 6) is 0. The minimum atomic E-state index is 0.309. The van der Waals surface area contributed by atoms with E-state index in [0.717, 1.165) is 6.04 Å². The van der Waals surface area contributed by atoms with E-state index < -0.39 is 0 Å². The van der Waals surface area contributed by atoms with E-state index in [9.17, 15) is 0 Å². The van der Waals surface area contributed by atoms with Crippen LogP contribution in [0.3, 0.4) is 0 Å². The van der Waals surface area contributed by atoms with Crippen LogP contribution in [-0.4, -0.2) is 46.6 Å². The van der Waals surface area contributed by atoms with Crippen molar-refractivity contribution in [2.75, 3.05) is 19.6 Å². The third kappa shape index (κ3) is 1.83. The summed E-state index contributed by atoms with van der Waals surface area (Å²) in [5, 5.41) is 0. The molecule has 2 fully saturated rings. The van der Waals surface area contributed by atoms with Gasteiger partial charge in [-0.1, -0.05) is 0 Å². The van der Waals surface area contributed by atoms with Crippen LogP contribution in [0.4, 0.5) is 0 Å². The summed E-state index contributed by atoms with van der Waals surface area (Å²) in [4.78, 5) is 5.36. The lowest BCUT2D eigenvalue weighted by atomic mass is 9.89. The number of nitrogens with zero attached hydrogens (tertiary/aromatic N) is 2. The van der Waals surface area contributed by atoms with Crippen molar-refractivity contribution in [2.45, 2.75) is 64.6 Å². The van der Waals surface area contributed by atoms with Crippen molar-refractivity contribution in [1.29, 1.82) is 0 Å². The zero-order chi connectivity index (χ0) is 11.3. The van der Waals surface area contributed by atoms with Crippen molar-refractivity contribution in [3.63, 3.8) is 0 Å². The molecule has 2 nitrogen and oxygen atoms in total. The molecule has 0 aromatic carbocycles. The van der Waals surface area contributed by atoms with Crippen molar-refractivity contribution in [2.24, 2.45) is 0 Å². The fourth-order valence-electron chi connectivity index (χ4n) is 3.55. The van der Waals surface area contributed by atoms with Gasteiger partial charge in [0.15, 0.2) is 0 Å². The Kier molecular flexibility index (Phi) is 2.63. The molecule has 0 N–H and O–H groups in total. The smallest absolute Gasteiger partial charge is 0.0314 e. The number of hydrogen-bond donors (Lipinski definition) is 0. The van der Waals surface area contributed by atoms with Crippen molar-refractivity contribution in [3.05, 3.63) is 0 Å². The zero-order valence-corrected chi connectivity index (χ0v) is 11.0. The fraction of sp³-hybridized carbons (Fsp3) is 1.00. The zero-order valence-electron chi connectivity index (χ0n) is 11.0. The highest BCUT2D eigenvalue weighted by atomic mass is 15.3. The molecule has 2 heteroatoms. The van der Waals surface area contributed by atoms with Gasteiger partial charge in [0.1, 0.15) is 0 Å². The molecule has 0 radical (unpaired) electrons. The lowest BCUT2D eigenvalue weighted by Crippen LogP contribution is -2.60. The van der Waals surface area contributed by atoms with E-state index >= 15 is 0 Å². The molecule has 0 spiro atoms. The predicted octanol–water partition coefficient (Wildman–Crippen LogP) is 2.34. The maximum atomic E-state index is 2.68. The maximum Gasteiger partial charge on any atom is 0.0314 e. The second-order valence-electron chi connectivity index (χ2n) is 6.67. The first-order chi connectivity index (χ1) is 6.83. The molecule has 0 saturated carbocycles. The minimum absolute atomic E-state index is 0.309. The van der Waals surface area contributed by atoms with E-state index in [4.69, 9.17) is 0 Å². The van der Waals surface area contributed by atoms with Crippen LogP contribution in [0.1, 0.15) is 47.5 Å². The normalized spacial score (nSPS) is 33.0. The average Bonchev–Trinajstić information content (AvgIpc) is 2.22. The molecule has 0 unspecified atom stereocenters. The van der Waals surface area contributed by atoms with Crippen LogP contribution in [0.15, 0.2) is 0 Å². The van der Waals surface area contributed by atoms with Crippen LogP contribution in [0.2, 0.25) is 0 Å². The largest absolute Gasteiger partial charge is 0.298 e. The van der Waals surface area contributed by atoms with Crippen molar-refractivity contribution >= 4 is 0 Å². The highest BCUT2D eigenvalue weighted by molar-refractivity contribution is 5.05. The van der Waals surface area contributed by atoms with Gasteiger partial charge in [-0.15, -0.1) is 0 Å². The van der Waals surface area contributed by atoms with Gasteiger partial charge in [-0.3, -0.25) is 9.80 Å². The quantitative estimate of drug-likeness (QED) is 0.655. The summed E-state index contributed by atoms with van der Waals surface area (Å²) < 4.78 is 0. The Morgan fingerprint density at radius 2 is 1.67 bits per heavy atom. The first-order valence-electron chi connectivity index (χ1n) is 6.35. The van der Waals surface area contributed by atoms with Crippen molar-refractivity contribution in [3.8, 4) is 0 Å². The Morgan fingerprint density at radius 3 is 2.00 bits per heavy atom. The van der Waals surface area contributed by atoms with Crippen LogP contribution in [0.5, 0.6) is 0 Å². The van der Waals surface area contributed by atoms with Gasteiger partial charge in [0, 0.05) is 23.7 Å². The third-order valence-electron chi connectivity index (χ3n) is 4.28. The monoisotopic (exact) mass is 210 g/mol. The Bertz CT molecular complexity index is 235. The molecule has 1 atom stereocenters. The van der Waals surface area contributed by atoms with Crippen LogP contribution < -0.4 is 0 Å². The molecule has 2 aliphatic heterocycles. The highest BCUT2D eigenvalue weighted by Crippen LogP contribution is 2.39. The lowest BCUT2D eigenvalue weighted by molar-refractivity contribution is 0.00406. The van der Waals surface area contributed by atoms with Gasteiger partial charge < -0.3 is 0 Å². The van der Waals surface area contributed by atoms with Crippen molar-refractivity contribution < 1.29 is 0 Å². The maximum absolute atomic E-state index is 2.68. The van der Waals surface area contributed by atoms with Gasteiger partial charge in [-0.25, -0.2) is 0 Å². The van der Waals surface area contributed by atoms with Gasteiger partial charge in [-0.2, -0.15) is 0 Å². The molecule has 88 valence electrons. The standard InChI is InChI=1S/C13H26N2/c1-12(2,3)15-10-7-11(13(15,4)5)14-8-6-9-14/h11H,6-10H2,1-5H3/t11-/m1/s1. The van der Waals surface area contributed by atoms with E-state index in [2.05, 4.69) is 44.4 Å². The van der Waals surface area contributed by atoms with Crippen LogP contribution in [-0.2, 0) is 0 Å². The van der Waals surface area contributed by atoms with Crippen LogP contribution in [0, 0.1) is 0 Å². The topological polar surface area (TPSA) is 6.48 Å². The van der Waals surface area contributed by atoms with Gasteiger partial charge in [0.05, 0.1) is 0 Å². The molecule has 2 saturated heterocycles.